The number of nitrogens with one attached hydrogen (secondary N) is 1. The van der Waals surface area contributed by atoms with Crippen molar-refractivity contribution in [3.05, 3.63) is 0 Å². The molecular formula is C12H24N2O. The van der Waals surface area contributed by atoms with Crippen LogP contribution in [0.5, 0.6) is 0 Å². The Hall–Kier alpha value is -0.570. The van der Waals surface area contributed by atoms with E-state index in [1.807, 2.05) is 0 Å². The SMILES string of the molecule is CCCCN(CCCC)C(=O)C1CNC1. The number of rotatable bonds is 7. The van der Waals surface area contributed by atoms with E-state index >= 15 is 0 Å². The molecule has 0 aromatic heterocycles. The number of hydrogen-bond donors (Lipinski definition) is 1. The summed E-state index contributed by atoms with van der Waals surface area (Å²) < 4.78 is 0. The number of carbonyl (C=O) groups excluding carboxylic acids is 1. The molecule has 15 heavy (non-hydrogen) atoms. The van der Waals surface area contributed by atoms with E-state index in [4.69, 9.17) is 0 Å². The molecule has 88 valence electrons. The van der Waals surface area contributed by atoms with Gasteiger partial charge in [0.2, 0.25) is 5.91 Å². The normalized spacial score (nSPS) is 16.1. The van der Waals surface area contributed by atoms with Gasteiger partial charge in [-0.15, -0.1) is 0 Å². The van der Waals surface area contributed by atoms with E-state index in [-0.39, 0.29) is 5.92 Å². The summed E-state index contributed by atoms with van der Waals surface area (Å²) in [6, 6.07) is 0. The van der Waals surface area contributed by atoms with Crippen molar-refractivity contribution < 1.29 is 4.79 Å². The highest BCUT2D eigenvalue weighted by Gasteiger charge is 2.28. The van der Waals surface area contributed by atoms with Crippen molar-refractivity contribution in [3.63, 3.8) is 0 Å². The standard InChI is InChI=1S/C12H24N2O/c1-3-5-7-14(8-6-4-2)12(15)11-9-13-10-11/h11,13H,3-10H2,1-2H3. The van der Waals surface area contributed by atoms with E-state index in [0.717, 1.165) is 39.0 Å². The second kappa shape index (κ2) is 6.83. The molecule has 0 atom stereocenters. The molecule has 1 N–H and O–H groups in total. The molecule has 0 aromatic carbocycles. The second-order valence-corrected chi connectivity index (χ2v) is 4.39. The zero-order valence-electron chi connectivity index (χ0n) is 10.1. The highest BCUT2D eigenvalue weighted by Crippen LogP contribution is 2.10. The van der Waals surface area contributed by atoms with Crippen LogP contribution in [0.2, 0.25) is 0 Å². The van der Waals surface area contributed by atoms with Crippen molar-refractivity contribution >= 4 is 5.91 Å². The number of hydrogen-bond acceptors (Lipinski definition) is 2. The smallest absolute Gasteiger partial charge is 0.228 e. The first-order valence-corrected chi connectivity index (χ1v) is 6.29. The van der Waals surface area contributed by atoms with Gasteiger partial charge in [-0.05, 0) is 12.8 Å². The molecule has 1 aliphatic rings. The van der Waals surface area contributed by atoms with Crippen LogP contribution in [-0.4, -0.2) is 37.0 Å². The molecule has 1 heterocycles. The van der Waals surface area contributed by atoms with Crippen LogP contribution in [0.1, 0.15) is 39.5 Å². The molecule has 1 aliphatic heterocycles. The Balaban J connectivity index is 2.34. The first-order chi connectivity index (χ1) is 7.29. The van der Waals surface area contributed by atoms with E-state index < -0.39 is 0 Å². The van der Waals surface area contributed by atoms with Crippen molar-refractivity contribution in [1.29, 1.82) is 0 Å². The Morgan fingerprint density at radius 1 is 1.20 bits per heavy atom. The molecule has 0 bridgehead atoms. The summed E-state index contributed by atoms with van der Waals surface area (Å²) >= 11 is 0. The fourth-order valence-electron chi connectivity index (χ4n) is 1.75. The molecule has 1 saturated heterocycles. The van der Waals surface area contributed by atoms with Crippen LogP contribution in [0.4, 0.5) is 0 Å². The van der Waals surface area contributed by atoms with E-state index in [1.54, 1.807) is 0 Å². The zero-order valence-corrected chi connectivity index (χ0v) is 10.1. The fraction of sp³-hybridized carbons (Fsp3) is 0.917. The van der Waals surface area contributed by atoms with Gasteiger partial charge in [-0.25, -0.2) is 0 Å². The van der Waals surface area contributed by atoms with Gasteiger partial charge in [0, 0.05) is 26.2 Å². The minimum atomic E-state index is 0.263. The molecule has 0 aromatic rings. The lowest BCUT2D eigenvalue weighted by molar-refractivity contribution is -0.137. The lowest BCUT2D eigenvalue weighted by Gasteiger charge is -2.32. The van der Waals surface area contributed by atoms with E-state index in [2.05, 4.69) is 24.1 Å². The molecule has 1 fully saturated rings. The van der Waals surface area contributed by atoms with Gasteiger partial charge < -0.3 is 10.2 Å². The maximum Gasteiger partial charge on any atom is 0.228 e. The maximum absolute atomic E-state index is 12.0. The number of amides is 1. The van der Waals surface area contributed by atoms with Gasteiger partial charge in [-0.3, -0.25) is 4.79 Å². The molecule has 0 radical (unpaired) electrons. The van der Waals surface area contributed by atoms with Crippen molar-refractivity contribution in [1.82, 2.24) is 10.2 Å². The van der Waals surface area contributed by atoms with Crippen molar-refractivity contribution in [3.8, 4) is 0 Å². The Morgan fingerprint density at radius 3 is 2.07 bits per heavy atom. The minimum Gasteiger partial charge on any atom is -0.342 e. The molecule has 0 aliphatic carbocycles. The number of nitrogens with zero attached hydrogens (tertiary/aromatic N) is 1. The largest absolute Gasteiger partial charge is 0.342 e. The van der Waals surface area contributed by atoms with Gasteiger partial charge in [0.25, 0.3) is 0 Å². The van der Waals surface area contributed by atoms with E-state index in [1.165, 1.54) is 12.8 Å². The van der Waals surface area contributed by atoms with Crippen LogP contribution in [0.3, 0.4) is 0 Å². The van der Waals surface area contributed by atoms with Gasteiger partial charge in [0.15, 0.2) is 0 Å². The predicted molar refractivity (Wildman–Crippen MR) is 62.8 cm³/mol. The summed E-state index contributed by atoms with van der Waals surface area (Å²) in [5.74, 6) is 0.634. The lowest BCUT2D eigenvalue weighted by Crippen LogP contribution is -2.52. The third-order valence-electron chi connectivity index (χ3n) is 3.01. The quantitative estimate of drug-likeness (QED) is 0.695. The maximum atomic E-state index is 12.0. The van der Waals surface area contributed by atoms with Crippen LogP contribution >= 0.6 is 0 Å². The van der Waals surface area contributed by atoms with Crippen LogP contribution in [0.25, 0.3) is 0 Å². The molecule has 3 nitrogen and oxygen atoms in total. The van der Waals surface area contributed by atoms with Gasteiger partial charge >= 0.3 is 0 Å². The topological polar surface area (TPSA) is 32.3 Å². The molecule has 0 saturated carbocycles. The van der Waals surface area contributed by atoms with Gasteiger partial charge in [-0.2, -0.15) is 0 Å². The molecular weight excluding hydrogens is 188 g/mol. The minimum absolute atomic E-state index is 0.263. The molecule has 1 rings (SSSR count). The van der Waals surface area contributed by atoms with E-state index in [9.17, 15) is 4.79 Å². The van der Waals surface area contributed by atoms with Crippen molar-refractivity contribution in [2.45, 2.75) is 39.5 Å². The monoisotopic (exact) mass is 212 g/mol. The summed E-state index contributed by atoms with van der Waals surface area (Å²) in [6.45, 7) is 8.01. The second-order valence-electron chi connectivity index (χ2n) is 4.39. The highest BCUT2D eigenvalue weighted by atomic mass is 16.2. The Labute approximate surface area is 93.2 Å². The summed E-state index contributed by atoms with van der Waals surface area (Å²) in [7, 11) is 0. The Bertz CT molecular complexity index is 182. The Kier molecular flexibility index (Phi) is 5.69. The summed E-state index contributed by atoms with van der Waals surface area (Å²) in [6.07, 6.45) is 4.60. The zero-order chi connectivity index (χ0) is 11.1. The third kappa shape index (κ3) is 3.82. The highest BCUT2D eigenvalue weighted by molar-refractivity contribution is 5.80. The van der Waals surface area contributed by atoms with Crippen LogP contribution < -0.4 is 5.32 Å². The van der Waals surface area contributed by atoms with Gasteiger partial charge in [0.1, 0.15) is 0 Å². The molecule has 3 heteroatoms. The fourth-order valence-corrected chi connectivity index (χ4v) is 1.75. The number of carbonyl (C=O) groups is 1. The number of unbranched alkanes of at least 4 members (excludes halogenated alkanes) is 2. The van der Waals surface area contributed by atoms with Gasteiger partial charge in [0.05, 0.1) is 5.92 Å². The van der Waals surface area contributed by atoms with Gasteiger partial charge in [-0.1, -0.05) is 26.7 Å². The average molecular weight is 212 g/mol. The molecule has 1 amide bonds. The van der Waals surface area contributed by atoms with Crippen molar-refractivity contribution in [2.24, 2.45) is 5.92 Å². The summed E-state index contributed by atoms with van der Waals surface area (Å²) in [5.41, 5.74) is 0. The first-order valence-electron chi connectivity index (χ1n) is 6.29. The van der Waals surface area contributed by atoms with Crippen LogP contribution in [-0.2, 0) is 4.79 Å². The summed E-state index contributed by atoms with van der Waals surface area (Å²) in [5, 5.41) is 3.16. The third-order valence-corrected chi connectivity index (χ3v) is 3.01. The Morgan fingerprint density at radius 2 is 1.73 bits per heavy atom. The average Bonchev–Trinajstić information content (AvgIpc) is 2.15. The van der Waals surface area contributed by atoms with Crippen LogP contribution in [0, 0.1) is 5.92 Å². The van der Waals surface area contributed by atoms with Crippen LogP contribution in [0.15, 0.2) is 0 Å². The molecule has 0 unspecified atom stereocenters. The van der Waals surface area contributed by atoms with E-state index in [0.29, 0.717) is 5.91 Å². The summed E-state index contributed by atoms with van der Waals surface area (Å²) in [4.78, 5) is 14.1. The first kappa shape index (κ1) is 12.5. The molecule has 0 spiro atoms. The lowest BCUT2D eigenvalue weighted by atomic mass is 10.0. The van der Waals surface area contributed by atoms with Crippen molar-refractivity contribution in [2.75, 3.05) is 26.2 Å². The predicted octanol–water partition coefficient (Wildman–Crippen LogP) is 1.63.